The predicted octanol–water partition coefficient (Wildman–Crippen LogP) is 3.82. The van der Waals surface area contributed by atoms with E-state index in [1.54, 1.807) is 0 Å². The molecule has 1 heterocycles. The van der Waals surface area contributed by atoms with Crippen LogP contribution in [0.25, 0.3) is 11.4 Å². The third-order valence-electron chi connectivity index (χ3n) is 2.93. The largest absolute Gasteiger partial charge is 0.494 e. The van der Waals surface area contributed by atoms with E-state index in [2.05, 4.69) is 10.1 Å². The van der Waals surface area contributed by atoms with E-state index in [-0.39, 0.29) is 6.67 Å². The van der Waals surface area contributed by atoms with E-state index < -0.39 is 0 Å². The van der Waals surface area contributed by atoms with Crippen molar-refractivity contribution in [2.24, 2.45) is 0 Å². The highest BCUT2D eigenvalue weighted by molar-refractivity contribution is 5.55. The van der Waals surface area contributed by atoms with Gasteiger partial charge in [-0.25, -0.2) is 0 Å². The Hall–Kier alpha value is -1.91. The average Bonchev–Trinajstić information content (AvgIpc) is 2.97. The van der Waals surface area contributed by atoms with E-state index in [4.69, 9.17) is 9.26 Å². The van der Waals surface area contributed by atoms with Gasteiger partial charge in [-0.15, -0.1) is 0 Å². The van der Waals surface area contributed by atoms with E-state index in [1.807, 2.05) is 31.2 Å². The number of halogens is 1. The zero-order valence-corrected chi connectivity index (χ0v) is 11.6. The SMILES string of the molecule is CCc1nc(-c2ccc(OCCCCCF)cc2)no1. The van der Waals surface area contributed by atoms with Crippen LogP contribution in [-0.2, 0) is 6.42 Å². The van der Waals surface area contributed by atoms with Crippen LogP contribution in [0.4, 0.5) is 4.39 Å². The molecule has 0 saturated heterocycles. The first kappa shape index (κ1) is 14.5. The molecule has 0 aliphatic rings. The highest BCUT2D eigenvalue weighted by Crippen LogP contribution is 2.20. The Morgan fingerprint density at radius 2 is 1.95 bits per heavy atom. The average molecular weight is 278 g/mol. The molecule has 0 unspecified atom stereocenters. The van der Waals surface area contributed by atoms with Crippen molar-refractivity contribution < 1.29 is 13.7 Å². The fraction of sp³-hybridized carbons (Fsp3) is 0.467. The highest BCUT2D eigenvalue weighted by atomic mass is 19.1. The summed E-state index contributed by atoms with van der Waals surface area (Å²) in [6.45, 7) is 2.33. The second-order valence-electron chi connectivity index (χ2n) is 4.49. The van der Waals surface area contributed by atoms with E-state index in [9.17, 15) is 4.39 Å². The molecule has 0 saturated carbocycles. The van der Waals surface area contributed by atoms with Gasteiger partial charge in [0.2, 0.25) is 11.7 Å². The minimum Gasteiger partial charge on any atom is -0.494 e. The molecule has 0 atom stereocenters. The van der Waals surface area contributed by atoms with Gasteiger partial charge in [0.05, 0.1) is 13.3 Å². The van der Waals surface area contributed by atoms with Gasteiger partial charge in [0.1, 0.15) is 5.75 Å². The minimum atomic E-state index is -0.251. The summed E-state index contributed by atoms with van der Waals surface area (Å²) in [5, 5.41) is 3.92. The molecule has 4 nitrogen and oxygen atoms in total. The first-order chi connectivity index (χ1) is 9.83. The number of hydrogen-bond acceptors (Lipinski definition) is 4. The molecular weight excluding hydrogens is 259 g/mol. The molecule has 0 radical (unpaired) electrons. The molecule has 2 aromatic rings. The van der Waals surface area contributed by atoms with Gasteiger partial charge < -0.3 is 9.26 Å². The van der Waals surface area contributed by atoms with Gasteiger partial charge in [-0.1, -0.05) is 12.1 Å². The maximum atomic E-state index is 11.9. The lowest BCUT2D eigenvalue weighted by molar-refractivity contribution is 0.301. The summed E-state index contributed by atoms with van der Waals surface area (Å²) in [7, 11) is 0. The van der Waals surface area contributed by atoms with Crippen LogP contribution >= 0.6 is 0 Å². The fourth-order valence-corrected chi connectivity index (χ4v) is 1.78. The van der Waals surface area contributed by atoms with Crippen molar-refractivity contribution in [1.82, 2.24) is 10.1 Å². The van der Waals surface area contributed by atoms with Gasteiger partial charge in [-0.3, -0.25) is 4.39 Å². The summed E-state index contributed by atoms with van der Waals surface area (Å²) in [6, 6.07) is 7.57. The fourth-order valence-electron chi connectivity index (χ4n) is 1.78. The van der Waals surface area contributed by atoms with Crippen LogP contribution in [-0.4, -0.2) is 23.4 Å². The third kappa shape index (κ3) is 4.05. The molecule has 20 heavy (non-hydrogen) atoms. The molecular formula is C15H19FN2O2. The number of aromatic nitrogens is 2. The van der Waals surface area contributed by atoms with E-state index >= 15 is 0 Å². The number of nitrogens with zero attached hydrogens (tertiary/aromatic N) is 2. The van der Waals surface area contributed by atoms with Crippen LogP contribution in [0.15, 0.2) is 28.8 Å². The Labute approximate surface area is 118 Å². The maximum absolute atomic E-state index is 11.9. The predicted molar refractivity (Wildman–Crippen MR) is 74.4 cm³/mol. The van der Waals surface area contributed by atoms with Gasteiger partial charge in [0.25, 0.3) is 0 Å². The summed E-state index contributed by atoms with van der Waals surface area (Å²) in [4.78, 5) is 4.27. The molecule has 0 amide bonds. The highest BCUT2D eigenvalue weighted by Gasteiger charge is 2.06. The summed E-state index contributed by atoms with van der Waals surface area (Å²) < 4.78 is 22.6. The van der Waals surface area contributed by atoms with E-state index in [0.717, 1.165) is 30.6 Å². The van der Waals surface area contributed by atoms with Gasteiger partial charge in [-0.2, -0.15) is 4.98 Å². The van der Waals surface area contributed by atoms with Crippen LogP contribution in [0, 0.1) is 0 Å². The summed E-state index contributed by atoms with van der Waals surface area (Å²) >= 11 is 0. The summed E-state index contributed by atoms with van der Waals surface area (Å²) in [5.41, 5.74) is 0.901. The molecule has 0 bridgehead atoms. The summed E-state index contributed by atoms with van der Waals surface area (Å²) in [6.07, 6.45) is 3.07. The minimum absolute atomic E-state index is 0.251. The number of alkyl halides is 1. The molecule has 5 heteroatoms. The molecule has 0 spiro atoms. The Bertz CT molecular complexity index is 511. The molecule has 1 aromatic heterocycles. The van der Waals surface area contributed by atoms with Crippen molar-refractivity contribution >= 4 is 0 Å². The second kappa shape index (κ2) is 7.62. The topological polar surface area (TPSA) is 48.2 Å². The van der Waals surface area contributed by atoms with Crippen LogP contribution in [0.3, 0.4) is 0 Å². The number of unbranched alkanes of at least 4 members (excludes halogenated alkanes) is 2. The Kier molecular flexibility index (Phi) is 5.53. The number of aryl methyl sites for hydroxylation is 1. The molecule has 2 rings (SSSR count). The zero-order valence-electron chi connectivity index (χ0n) is 11.6. The normalized spacial score (nSPS) is 10.7. The quantitative estimate of drug-likeness (QED) is 0.689. The maximum Gasteiger partial charge on any atom is 0.226 e. The Morgan fingerprint density at radius 3 is 2.60 bits per heavy atom. The first-order valence-corrected chi connectivity index (χ1v) is 6.95. The molecule has 108 valence electrons. The molecule has 1 aromatic carbocycles. The smallest absolute Gasteiger partial charge is 0.226 e. The van der Waals surface area contributed by atoms with Gasteiger partial charge >= 0.3 is 0 Å². The Balaban J connectivity index is 1.86. The first-order valence-electron chi connectivity index (χ1n) is 6.95. The van der Waals surface area contributed by atoms with Crippen molar-refractivity contribution in [3.63, 3.8) is 0 Å². The van der Waals surface area contributed by atoms with Gasteiger partial charge in [0.15, 0.2) is 0 Å². The molecule has 0 aliphatic heterocycles. The van der Waals surface area contributed by atoms with E-state index in [0.29, 0.717) is 24.7 Å². The number of benzene rings is 1. The van der Waals surface area contributed by atoms with Crippen molar-refractivity contribution in [2.45, 2.75) is 32.6 Å². The van der Waals surface area contributed by atoms with Crippen LogP contribution < -0.4 is 4.74 Å². The van der Waals surface area contributed by atoms with Crippen LogP contribution in [0.2, 0.25) is 0 Å². The van der Waals surface area contributed by atoms with Crippen molar-refractivity contribution in [3.8, 4) is 17.1 Å². The molecule has 0 fully saturated rings. The number of rotatable bonds is 8. The third-order valence-corrected chi connectivity index (χ3v) is 2.93. The van der Waals surface area contributed by atoms with Crippen molar-refractivity contribution in [3.05, 3.63) is 30.2 Å². The van der Waals surface area contributed by atoms with E-state index in [1.165, 1.54) is 0 Å². The van der Waals surface area contributed by atoms with Crippen LogP contribution in [0.1, 0.15) is 32.1 Å². The van der Waals surface area contributed by atoms with Crippen LogP contribution in [0.5, 0.6) is 5.75 Å². The lowest BCUT2D eigenvalue weighted by Crippen LogP contribution is -1.97. The lowest BCUT2D eigenvalue weighted by Gasteiger charge is -2.05. The standard InChI is InChI=1S/C15H19FN2O2/c1-2-14-17-15(18-20-14)12-6-8-13(9-7-12)19-11-5-3-4-10-16/h6-9H,2-5,10-11H2,1H3. The van der Waals surface area contributed by atoms with Crippen molar-refractivity contribution in [2.75, 3.05) is 13.3 Å². The Morgan fingerprint density at radius 1 is 1.15 bits per heavy atom. The molecule has 0 aliphatic carbocycles. The zero-order chi connectivity index (χ0) is 14.2. The van der Waals surface area contributed by atoms with Crippen molar-refractivity contribution in [1.29, 1.82) is 0 Å². The van der Waals surface area contributed by atoms with Gasteiger partial charge in [0, 0.05) is 12.0 Å². The number of hydrogen-bond donors (Lipinski definition) is 0. The van der Waals surface area contributed by atoms with Gasteiger partial charge in [-0.05, 0) is 43.5 Å². The summed E-state index contributed by atoms with van der Waals surface area (Å²) in [5.74, 6) is 2.03. The molecule has 0 N–H and O–H groups in total. The monoisotopic (exact) mass is 278 g/mol. The number of ether oxygens (including phenoxy) is 1. The second-order valence-corrected chi connectivity index (χ2v) is 4.49. The lowest BCUT2D eigenvalue weighted by atomic mass is 10.2.